The molecule has 3 rings (SSSR count). The second-order valence-corrected chi connectivity index (χ2v) is 7.65. The number of carbonyl (C=O) groups is 1. The van der Waals surface area contributed by atoms with Gasteiger partial charge in [-0.05, 0) is 53.0 Å². The lowest BCUT2D eigenvalue weighted by Crippen LogP contribution is -2.22. The summed E-state index contributed by atoms with van der Waals surface area (Å²) in [4.78, 5) is 31.3. The molecule has 2 heterocycles. The van der Waals surface area contributed by atoms with Gasteiger partial charge in [-0.2, -0.15) is 0 Å². The van der Waals surface area contributed by atoms with E-state index >= 15 is 0 Å². The van der Waals surface area contributed by atoms with E-state index in [2.05, 4.69) is 49.4 Å². The number of hydrogen-bond acceptors (Lipinski definition) is 6. The van der Waals surface area contributed by atoms with E-state index in [-0.39, 0.29) is 17.3 Å². The molecule has 0 saturated heterocycles. The molecule has 7 nitrogen and oxygen atoms in total. The number of anilines is 2. The van der Waals surface area contributed by atoms with Crippen LogP contribution in [0.4, 0.5) is 11.5 Å². The van der Waals surface area contributed by atoms with E-state index in [9.17, 15) is 9.59 Å². The first kappa shape index (κ1) is 19.2. The van der Waals surface area contributed by atoms with E-state index < -0.39 is 11.5 Å². The Labute approximate surface area is 167 Å². The minimum absolute atomic E-state index is 0.0500. The molecular formula is C18H17BrN4O3S. The van der Waals surface area contributed by atoms with Gasteiger partial charge in [0.15, 0.2) is 27.1 Å². The van der Waals surface area contributed by atoms with E-state index in [1.54, 1.807) is 6.07 Å². The summed E-state index contributed by atoms with van der Waals surface area (Å²) in [6.07, 6.45) is 0. The predicted octanol–water partition coefficient (Wildman–Crippen LogP) is 3.87. The Balaban J connectivity index is 1.75. The number of nitrogens with two attached hydrogens (primary N) is 1. The first-order chi connectivity index (χ1) is 12.8. The fourth-order valence-corrected chi connectivity index (χ4v) is 3.61. The van der Waals surface area contributed by atoms with Gasteiger partial charge in [0.05, 0.1) is 0 Å². The Morgan fingerprint density at radius 2 is 2.11 bits per heavy atom. The number of furan rings is 1. The molecule has 3 aromatic rings. The lowest BCUT2D eigenvalue weighted by Gasteiger charge is -2.09. The van der Waals surface area contributed by atoms with Gasteiger partial charge in [-0.3, -0.25) is 14.6 Å². The molecule has 4 N–H and O–H groups in total. The van der Waals surface area contributed by atoms with E-state index in [0.717, 1.165) is 11.1 Å². The topological polar surface area (TPSA) is 114 Å². The third kappa shape index (κ3) is 4.61. The van der Waals surface area contributed by atoms with Crippen molar-refractivity contribution in [3.8, 4) is 0 Å². The number of aromatic nitrogens is 2. The lowest BCUT2D eigenvalue weighted by molar-refractivity contribution is 0.0995. The van der Waals surface area contributed by atoms with Crippen molar-refractivity contribution in [3.63, 3.8) is 0 Å². The maximum absolute atomic E-state index is 12.3. The van der Waals surface area contributed by atoms with E-state index in [0.29, 0.717) is 15.6 Å². The first-order valence-electron chi connectivity index (χ1n) is 7.99. The van der Waals surface area contributed by atoms with Crippen LogP contribution in [0.15, 0.2) is 49.4 Å². The van der Waals surface area contributed by atoms with Crippen LogP contribution in [0.3, 0.4) is 0 Å². The molecule has 1 aromatic carbocycles. The molecule has 27 heavy (non-hydrogen) atoms. The van der Waals surface area contributed by atoms with Gasteiger partial charge in [-0.25, -0.2) is 4.98 Å². The molecule has 0 aliphatic heterocycles. The number of hydrogen-bond donors (Lipinski definition) is 3. The van der Waals surface area contributed by atoms with Gasteiger partial charge in [0.2, 0.25) is 0 Å². The highest BCUT2D eigenvalue weighted by Gasteiger charge is 2.16. The van der Waals surface area contributed by atoms with Crippen molar-refractivity contribution >= 4 is 45.1 Å². The molecule has 1 amide bonds. The van der Waals surface area contributed by atoms with E-state index in [1.165, 1.54) is 23.4 Å². The van der Waals surface area contributed by atoms with Crippen molar-refractivity contribution < 1.29 is 9.21 Å². The monoisotopic (exact) mass is 448 g/mol. The second kappa shape index (κ2) is 8.01. The summed E-state index contributed by atoms with van der Waals surface area (Å²) in [6, 6.07) is 9.26. The first-order valence-corrected chi connectivity index (χ1v) is 9.77. The SMILES string of the molecule is Cc1ccc(C)c(CSc2nc(N)c(NC(=O)c3ccc(Br)o3)c(=O)[nH]2)c1. The fourth-order valence-electron chi connectivity index (χ4n) is 2.37. The molecule has 2 aromatic heterocycles. The van der Waals surface area contributed by atoms with Gasteiger partial charge in [-0.1, -0.05) is 35.5 Å². The Kier molecular flexibility index (Phi) is 5.71. The Morgan fingerprint density at radius 1 is 1.33 bits per heavy atom. The largest absolute Gasteiger partial charge is 0.444 e. The van der Waals surface area contributed by atoms with Gasteiger partial charge < -0.3 is 15.5 Å². The average Bonchev–Trinajstić information content (AvgIpc) is 3.05. The quantitative estimate of drug-likeness (QED) is 0.403. The van der Waals surface area contributed by atoms with Crippen molar-refractivity contribution in [2.75, 3.05) is 11.1 Å². The molecule has 140 valence electrons. The molecule has 0 saturated carbocycles. The predicted molar refractivity (Wildman–Crippen MR) is 109 cm³/mol. The minimum atomic E-state index is -0.588. The van der Waals surface area contributed by atoms with Crippen LogP contribution in [0.25, 0.3) is 0 Å². The Bertz CT molecular complexity index is 1060. The number of rotatable bonds is 5. The van der Waals surface area contributed by atoms with Crippen LogP contribution in [-0.2, 0) is 5.75 Å². The van der Waals surface area contributed by atoms with Gasteiger partial charge in [0, 0.05) is 5.75 Å². The summed E-state index contributed by atoms with van der Waals surface area (Å²) >= 11 is 4.48. The number of nitrogen functional groups attached to an aromatic ring is 1. The molecule has 0 spiro atoms. The van der Waals surface area contributed by atoms with Crippen LogP contribution >= 0.6 is 27.7 Å². The highest BCUT2D eigenvalue weighted by molar-refractivity contribution is 9.10. The van der Waals surface area contributed by atoms with Crippen LogP contribution in [0.2, 0.25) is 0 Å². The molecule has 0 unspecified atom stereocenters. The zero-order chi connectivity index (χ0) is 19.6. The molecular weight excluding hydrogens is 432 g/mol. The summed E-state index contributed by atoms with van der Waals surface area (Å²) in [6.45, 7) is 4.06. The zero-order valence-corrected chi connectivity index (χ0v) is 17.0. The average molecular weight is 449 g/mol. The van der Waals surface area contributed by atoms with Gasteiger partial charge in [0.25, 0.3) is 11.5 Å². The summed E-state index contributed by atoms with van der Waals surface area (Å²) in [5, 5.41) is 2.82. The van der Waals surface area contributed by atoms with Crippen LogP contribution in [-0.4, -0.2) is 15.9 Å². The van der Waals surface area contributed by atoms with Crippen LogP contribution in [0, 0.1) is 13.8 Å². The van der Waals surface area contributed by atoms with Crippen molar-refractivity contribution in [1.82, 2.24) is 9.97 Å². The summed E-state index contributed by atoms with van der Waals surface area (Å²) in [7, 11) is 0. The molecule has 9 heteroatoms. The molecule has 0 bridgehead atoms. The third-order valence-electron chi connectivity index (χ3n) is 3.83. The number of aromatic amines is 1. The summed E-state index contributed by atoms with van der Waals surface area (Å²) < 4.78 is 5.56. The molecule has 0 aliphatic rings. The Morgan fingerprint density at radius 3 is 2.78 bits per heavy atom. The van der Waals surface area contributed by atoms with E-state index in [4.69, 9.17) is 10.2 Å². The number of thioether (sulfide) groups is 1. The van der Waals surface area contributed by atoms with Crippen molar-refractivity contribution in [3.05, 3.63) is 67.8 Å². The maximum atomic E-state index is 12.3. The highest BCUT2D eigenvalue weighted by atomic mass is 79.9. The molecule has 0 aliphatic carbocycles. The van der Waals surface area contributed by atoms with Gasteiger partial charge in [-0.15, -0.1) is 0 Å². The highest BCUT2D eigenvalue weighted by Crippen LogP contribution is 2.24. The molecule has 0 radical (unpaired) electrons. The van der Waals surface area contributed by atoms with Crippen molar-refractivity contribution in [2.45, 2.75) is 24.8 Å². The smallest absolute Gasteiger partial charge is 0.291 e. The van der Waals surface area contributed by atoms with E-state index in [1.807, 2.05) is 13.8 Å². The normalized spacial score (nSPS) is 10.8. The second-order valence-electron chi connectivity index (χ2n) is 5.91. The number of H-pyrrole nitrogens is 1. The van der Waals surface area contributed by atoms with Gasteiger partial charge >= 0.3 is 0 Å². The summed E-state index contributed by atoms with van der Waals surface area (Å²) in [5.41, 5.74) is 8.73. The number of halogens is 1. The number of nitrogens with zero attached hydrogens (tertiary/aromatic N) is 1. The van der Waals surface area contributed by atoms with Crippen molar-refractivity contribution in [2.24, 2.45) is 0 Å². The lowest BCUT2D eigenvalue weighted by atomic mass is 10.1. The number of carbonyl (C=O) groups excluding carboxylic acids is 1. The molecule has 0 atom stereocenters. The standard InChI is InChI=1S/C18H17BrN4O3S/c1-9-3-4-10(2)11(7-9)8-27-18-22-15(20)14(17(25)23-18)21-16(24)12-5-6-13(19)26-12/h3-7H,8H2,1-2H3,(H,21,24)(H3,20,22,23,25). The number of aryl methyl sites for hydroxylation is 2. The van der Waals surface area contributed by atoms with Gasteiger partial charge in [0.1, 0.15) is 0 Å². The maximum Gasteiger partial charge on any atom is 0.291 e. The number of amides is 1. The summed E-state index contributed by atoms with van der Waals surface area (Å²) in [5.74, 6) is 0.0490. The number of nitrogens with one attached hydrogen (secondary N) is 2. The Hall–Kier alpha value is -2.52. The fraction of sp³-hybridized carbons (Fsp3) is 0.167. The molecule has 0 fully saturated rings. The van der Waals surface area contributed by atoms with Crippen LogP contribution in [0.5, 0.6) is 0 Å². The third-order valence-corrected chi connectivity index (χ3v) is 5.18. The van der Waals surface area contributed by atoms with Crippen LogP contribution < -0.4 is 16.6 Å². The van der Waals surface area contributed by atoms with Crippen molar-refractivity contribution in [1.29, 1.82) is 0 Å². The zero-order valence-electron chi connectivity index (χ0n) is 14.6. The number of benzene rings is 1. The minimum Gasteiger partial charge on any atom is -0.444 e. The van der Waals surface area contributed by atoms with Crippen LogP contribution in [0.1, 0.15) is 27.2 Å².